The lowest BCUT2D eigenvalue weighted by Crippen LogP contribution is -2.71. The van der Waals surface area contributed by atoms with Gasteiger partial charge in [0, 0.05) is 5.75 Å². The van der Waals surface area contributed by atoms with Gasteiger partial charge in [0.15, 0.2) is 6.10 Å². The van der Waals surface area contributed by atoms with Gasteiger partial charge in [0.05, 0.1) is 13.2 Å². The van der Waals surface area contributed by atoms with E-state index in [0.717, 1.165) is 4.90 Å². The molecule has 2 aromatic rings. The highest BCUT2D eigenvalue weighted by molar-refractivity contribution is 8.00. The summed E-state index contributed by atoms with van der Waals surface area (Å²) in [6, 6.07) is 16.3. The van der Waals surface area contributed by atoms with Gasteiger partial charge < -0.3 is 25.4 Å². The van der Waals surface area contributed by atoms with Crippen molar-refractivity contribution < 1.29 is 34.4 Å². The Bertz CT molecular complexity index is 1090. The average Bonchev–Trinajstić information content (AvgIpc) is 2.87. The van der Waals surface area contributed by atoms with E-state index < -0.39 is 41.4 Å². The Kier molecular flexibility index (Phi) is 7.32. The predicted molar refractivity (Wildman–Crippen MR) is 123 cm³/mol. The molecule has 178 valence electrons. The Morgan fingerprint density at radius 3 is 2.29 bits per heavy atom. The lowest BCUT2D eigenvalue weighted by Gasteiger charge is -2.49. The largest absolute Gasteiger partial charge is 0.477 e. The first-order valence-corrected chi connectivity index (χ1v) is 11.7. The third kappa shape index (κ3) is 4.85. The Morgan fingerprint density at radius 1 is 1.06 bits per heavy atom. The van der Waals surface area contributed by atoms with Crippen LogP contribution in [0.2, 0.25) is 0 Å². The molecule has 1 fully saturated rings. The molecule has 0 aliphatic carbocycles. The predicted octanol–water partition coefficient (Wildman–Crippen LogP) is 1.21. The summed E-state index contributed by atoms with van der Waals surface area (Å²) >= 11 is 1.30. The minimum atomic E-state index is -1.44. The highest BCUT2D eigenvalue weighted by Crippen LogP contribution is 2.40. The van der Waals surface area contributed by atoms with Crippen molar-refractivity contribution in [2.24, 2.45) is 0 Å². The number of aliphatic carboxylic acids is 1. The van der Waals surface area contributed by atoms with Crippen LogP contribution in [0.3, 0.4) is 0 Å². The minimum absolute atomic E-state index is 0.0293. The molecule has 0 bridgehead atoms. The Morgan fingerprint density at radius 2 is 1.68 bits per heavy atom. The molecule has 10 heteroatoms. The van der Waals surface area contributed by atoms with E-state index in [9.17, 15) is 29.7 Å². The number of aliphatic hydroxyl groups excluding tert-OH is 2. The van der Waals surface area contributed by atoms with Crippen molar-refractivity contribution in [3.8, 4) is 0 Å². The van der Waals surface area contributed by atoms with Crippen LogP contribution in [0, 0.1) is 0 Å². The number of benzene rings is 2. The number of hydrogen-bond acceptors (Lipinski definition) is 7. The lowest BCUT2D eigenvalue weighted by atomic mass is 10.0. The van der Waals surface area contributed by atoms with Crippen molar-refractivity contribution in [1.29, 1.82) is 0 Å². The smallest absolute Gasteiger partial charge is 0.352 e. The maximum absolute atomic E-state index is 12.8. The molecule has 4 rings (SSSR count). The standard InChI is InChI=1S/C24H24N2O7S/c27-17(14-7-3-1-4-8-14)12-33-11-16-13-34-23-18(22(30)26(23)19(16)24(31)32)25-21(29)20(28)15-9-5-2-6-10-15/h1-10,17-18,20,23,27-28H,11-13H2,(H,25,29)(H,31,32)/t17?,18-,20?,23+/m1/s1. The first-order chi connectivity index (χ1) is 16.4. The molecule has 34 heavy (non-hydrogen) atoms. The van der Waals surface area contributed by atoms with Crippen molar-refractivity contribution in [3.63, 3.8) is 0 Å². The van der Waals surface area contributed by atoms with Crippen molar-refractivity contribution in [1.82, 2.24) is 10.2 Å². The molecule has 2 unspecified atom stereocenters. The van der Waals surface area contributed by atoms with Gasteiger partial charge >= 0.3 is 5.97 Å². The summed E-state index contributed by atoms with van der Waals surface area (Å²) in [6.07, 6.45) is -2.30. The maximum Gasteiger partial charge on any atom is 0.352 e. The van der Waals surface area contributed by atoms with Crippen LogP contribution < -0.4 is 5.32 Å². The Labute approximate surface area is 200 Å². The summed E-state index contributed by atoms with van der Waals surface area (Å²) in [5.41, 5.74) is 1.32. The number of nitrogens with zero attached hydrogens (tertiary/aromatic N) is 1. The number of aliphatic hydroxyl groups is 2. The minimum Gasteiger partial charge on any atom is -0.477 e. The van der Waals surface area contributed by atoms with Gasteiger partial charge in [0.2, 0.25) is 0 Å². The molecular weight excluding hydrogens is 460 g/mol. The third-order valence-corrected chi connectivity index (χ3v) is 6.99. The van der Waals surface area contributed by atoms with Crippen molar-refractivity contribution >= 4 is 29.5 Å². The van der Waals surface area contributed by atoms with Crippen LogP contribution in [0.25, 0.3) is 0 Å². The highest BCUT2D eigenvalue weighted by Gasteiger charge is 2.54. The summed E-state index contributed by atoms with van der Waals surface area (Å²) in [7, 11) is 0. The molecule has 2 amide bonds. The number of hydrogen-bond donors (Lipinski definition) is 4. The molecule has 1 saturated heterocycles. The van der Waals surface area contributed by atoms with E-state index in [1.807, 2.05) is 6.07 Å². The number of carboxylic acid groups (broad SMARTS) is 1. The summed E-state index contributed by atoms with van der Waals surface area (Å²) in [6.45, 7) is -0.0860. The van der Waals surface area contributed by atoms with Crippen LogP contribution in [-0.4, -0.2) is 68.4 Å². The molecule has 2 heterocycles. The van der Waals surface area contributed by atoms with E-state index in [1.165, 1.54) is 11.8 Å². The lowest BCUT2D eigenvalue weighted by molar-refractivity contribution is -0.151. The van der Waals surface area contributed by atoms with Crippen LogP contribution in [0.4, 0.5) is 0 Å². The number of carboxylic acids is 1. The first-order valence-electron chi connectivity index (χ1n) is 10.6. The van der Waals surface area contributed by atoms with Crippen molar-refractivity contribution in [3.05, 3.63) is 83.1 Å². The zero-order chi connectivity index (χ0) is 24.2. The van der Waals surface area contributed by atoms with E-state index in [-0.39, 0.29) is 24.7 Å². The molecule has 0 saturated carbocycles. The molecule has 4 N–H and O–H groups in total. The number of rotatable bonds is 9. The normalized spacial score (nSPS) is 21.4. The zero-order valence-corrected chi connectivity index (χ0v) is 18.9. The van der Waals surface area contributed by atoms with Crippen LogP contribution in [0.15, 0.2) is 71.9 Å². The number of carbonyl (C=O) groups is 3. The van der Waals surface area contributed by atoms with Gasteiger partial charge in [-0.05, 0) is 16.7 Å². The monoisotopic (exact) mass is 484 g/mol. The van der Waals surface area contributed by atoms with Crippen molar-refractivity contribution in [2.75, 3.05) is 19.0 Å². The van der Waals surface area contributed by atoms with Crippen LogP contribution in [0.1, 0.15) is 23.3 Å². The second-order valence-electron chi connectivity index (χ2n) is 7.91. The van der Waals surface area contributed by atoms with Crippen LogP contribution in [0.5, 0.6) is 0 Å². The maximum atomic E-state index is 12.8. The molecule has 4 atom stereocenters. The van der Waals surface area contributed by atoms with E-state index in [4.69, 9.17) is 4.74 Å². The molecule has 0 aromatic heterocycles. The molecule has 0 spiro atoms. The van der Waals surface area contributed by atoms with Crippen LogP contribution in [-0.2, 0) is 19.1 Å². The number of β-lactam (4-membered cyclic amide) rings is 1. The fourth-order valence-corrected chi connectivity index (χ4v) is 5.21. The van der Waals surface area contributed by atoms with E-state index >= 15 is 0 Å². The second kappa shape index (κ2) is 10.4. The number of nitrogens with one attached hydrogen (secondary N) is 1. The summed E-state index contributed by atoms with van der Waals surface area (Å²) in [5.74, 6) is -2.28. The van der Waals surface area contributed by atoms with Gasteiger partial charge in [-0.3, -0.25) is 14.5 Å². The van der Waals surface area contributed by atoms with Gasteiger partial charge in [0.1, 0.15) is 23.2 Å². The van der Waals surface area contributed by atoms with Gasteiger partial charge in [-0.1, -0.05) is 60.7 Å². The first kappa shape index (κ1) is 24.0. The SMILES string of the molecule is O=C(O)C1=C(COCC(O)c2ccccc2)CS[C@H]2[C@H](NC(=O)C(O)c3ccccc3)C(=O)N12. The summed E-state index contributed by atoms with van der Waals surface area (Å²) in [5, 5.41) is 32.2. The summed E-state index contributed by atoms with van der Waals surface area (Å²) in [4.78, 5) is 38.3. The molecule has 2 aromatic carbocycles. The Balaban J connectivity index is 1.39. The van der Waals surface area contributed by atoms with Gasteiger partial charge in [0.25, 0.3) is 11.8 Å². The fraction of sp³-hybridized carbons (Fsp3) is 0.292. The summed E-state index contributed by atoms with van der Waals surface area (Å²) < 4.78 is 5.56. The number of fused-ring (bicyclic) bond motifs is 1. The molecule has 9 nitrogen and oxygen atoms in total. The molecule has 2 aliphatic heterocycles. The zero-order valence-electron chi connectivity index (χ0n) is 18.0. The average molecular weight is 485 g/mol. The fourth-order valence-electron chi connectivity index (χ4n) is 3.88. The topological polar surface area (TPSA) is 136 Å². The van der Waals surface area contributed by atoms with Gasteiger partial charge in [-0.25, -0.2) is 4.79 Å². The highest BCUT2D eigenvalue weighted by atomic mass is 32.2. The van der Waals surface area contributed by atoms with E-state index in [2.05, 4.69) is 5.32 Å². The molecule has 0 radical (unpaired) electrons. The number of ether oxygens (including phenoxy) is 1. The molecule has 2 aliphatic rings. The number of amides is 2. The van der Waals surface area contributed by atoms with Crippen LogP contribution >= 0.6 is 11.8 Å². The van der Waals surface area contributed by atoms with E-state index in [0.29, 0.717) is 16.7 Å². The second-order valence-corrected chi connectivity index (χ2v) is 9.01. The van der Waals surface area contributed by atoms with Crippen molar-refractivity contribution in [2.45, 2.75) is 23.6 Å². The molecular formula is C24H24N2O7S. The van der Waals surface area contributed by atoms with Gasteiger partial charge in [-0.2, -0.15) is 0 Å². The quantitative estimate of drug-likeness (QED) is 0.390. The number of carbonyl (C=O) groups excluding carboxylic acids is 2. The Hall–Kier alpha value is -3.18. The number of thioether (sulfide) groups is 1. The van der Waals surface area contributed by atoms with Gasteiger partial charge in [-0.15, -0.1) is 11.8 Å². The third-order valence-electron chi connectivity index (χ3n) is 5.65. The van der Waals surface area contributed by atoms with E-state index in [1.54, 1.807) is 54.6 Å².